The Morgan fingerprint density at radius 1 is 1.39 bits per heavy atom. The van der Waals surface area contributed by atoms with Crippen molar-refractivity contribution in [3.05, 3.63) is 28.8 Å². The number of rotatable bonds is 8. The van der Waals surface area contributed by atoms with Crippen LogP contribution in [0.4, 0.5) is 0 Å². The Labute approximate surface area is 114 Å². The van der Waals surface area contributed by atoms with Gasteiger partial charge in [0.15, 0.2) is 0 Å². The highest BCUT2D eigenvalue weighted by molar-refractivity contribution is 6.30. The first-order valence-electron chi connectivity index (χ1n) is 6.32. The van der Waals surface area contributed by atoms with Crippen molar-refractivity contribution >= 4 is 11.6 Å². The highest BCUT2D eigenvalue weighted by Crippen LogP contribution is 2.23. The van der Waals surface area contributed by atoms with Crippen LogP contribution in [-0.2, 0) is 11.3 Å². The lowest BCUT2D eigenvalue weighted by Crippen LogP contribution is -2.18. The van der Waals surface area contributed by atoms with E-state index in [0.29, 0.717) is 6.61 Å². The average molecular weight is 272 g/mol. The number of nitrogens with one attached hydrogen (secondary N) is 1. The van der Waals surface area contributed by atoms with Gasteiger partial charge in [-0.05, 0) is 38.1 Å². The summed E-state index contributed by atoms with van der Waals surface area (Å²) in [6.45, 7) is 6.41. The van der Waals surface area contributed by atoms with Gasteiger partial charge in [0.25, 0.3) is 0 Å². The maximum atomic E-state index is 6.01. The Morgan fingerprint density at radius 3 is 2.83 bits per heavy atom. The van der Waals surface area contributed by atoms with E-state index in [-0.39, 0.29) is 6.10 Å². The maximum absolute atomic E-state index is 6.01. The Kier molecular flexibility index (Phi) is 7.09. The quantitative estimate of drug-likeness (QED) is 0.736. The van der Waals surface area contributed by atoms with Crippen molar-refractivity contribution in [3.63, 3.8) is 0 Å². The summed E-state index contributed by atoms with van der Waals surface area (Å²) in [5.74, 6) is 0.868. The molecule has 1 N–H and O–H groups in total. The minimum absolute atomic E-state index is 0.0807. The van der Waals surface area contributed by atoms with Crippen molar-refractivity contribution in [2.75, 3.05) is 20.3 Å². The maximum Gasteiger partial charge on any atom is 0.124 e. The molecule has 0 spiro atoms. The van der Waals surface area contributed by atoms with E-state index in [2.05, 4.69) is 12.2 Å². The smallest absolute Gasteiger partial charge is 0.124 e. The fourth-order valence-corrected chi connectivity index (χ4v) is 1.70. The van der Waals surface area contributed by atoms with Gasteiger partial charge in [-0.2, -0.15) is 0 Å². The number of benzene rings is 1. The molecule has 0 saturated heterocycles. The van der Waals surface area contributed by atoms with E-state index in [1.807, 2.05) is 25.1 Å². The van der Waals surface area contributed by atoms with Gasteiger partial charge < -0.3 is 14.8 Å². The van der Waals surface area contributed by atoms with E-state index in [0.717, 1.165) is 35.8 Å². The van der Waals surface area contributed by atoms with Crippen molar-refractivity contribution in [2.45, 2.75) is 32.9 Å². The summed E-state index contributed by atoms with van der Waals surface area (Å²) < 4.78 is 10.9. The number of ether oxygens (including phenoxy) is 2. The molecule has 0 fully saturated rings. The predicted molar refractivity (Wildman–Crippen MR) is 75.4 cm³/mol. The van der Waals surface area contributed by atoms with Crippen LogP contribution in [0, 0.1) is 0 Å². The molecule has 4 heteroatoms. The van der Waals surface area contributed by atoms with Crippen molar-refractivity contribution in [3.8, 4) is 5.75 Å². The summed E-state index contributed by atoms with van der Waals surface area (Å²) in [6.07, 6.45) is 1.19. The summed E-state index contributed by atoms with van der Waals surface area (Å²) in [5.41, 5.74) is 1.08. The first-order chi connectivity index (χ1) is 8.67. The van der Waals surface area contributed by atoms with Crippen molar-refractivity contribution in [1.29, 1.82) is 0 Å². The highest BCUT2D eigenvalue weighted by Gasteiger charge is 2.07. The number of hydrogen-bond donors (Lipinski definition) is 1. The third-order valence-electron chi connectivity index (χ3n) is 2.64. The molecule has 0 amide bonds. The summed E-state index contributed by atoms with van der Waals surface area (Å²) in [4.78, 5) is 0. The molecule has 0 aliphatic carbocycles. The van der Waals surface area contributed by atoms with Crippen LogP contribution in [0.5, 0.6) is 5.75 Å². The molecule has 3 nitrogen and oxygen atoms in total. The van der Waals surface area contributed by atoms with Gasteiger partial charge in [0.2, 0.25) is 0 Å². The third-order valence-corrected chi connectivity index (χ3v) is 2.88. The second kappa shape index (κ2) is 8.35. The van der Waals surface area contributed by atoms with Crippen LogP contribution in [0.3, 0.4) is 0 Å². The topological polar surface area (TPSA) is 30.5 Å². The van der Waals surface area contributed by atoms with Crippen LogP contribution in [-0.4, -0.2) is 26.4 Å². The van der Waals surface area contributed by atoms with Gasteiger partial charge in [-0.1, -0.05) is 18.5 Å². The van der Waals surface area contributed by atoms with Crippen LogP contribution in [0.25, 0.3) is 0 Å². The second-order valence-electron chi connectivity index (χ2n) is 4.29. The molecule has 0 radical (unpaired) electrons. The predicted octanol–water partition coefficient (Wildman–Crippen LogP) is 3.25. The molecule has 1 rings (SSSR count). The first kappa shape index (κ1) is 15.3. The molecule has 0 aromatic heterocycles. The van der Waals surface area contributed by atoms with E-state index in [9.17, 15) is 0 Å². The first-order valence-corrected chi connectivity index (χ1v) is 6.70. The number of hydrogen-bond acceptors (Lipinski definition) is 3. The van der Waals surface area contributed by atoms with E-state index in [1.165, 1.54) is 0 Å². The van der Waals surface area contributed by atoms with Gasteiger partial charge >= 0.3 is 0 Å². The van der Waals surface area contributed by atoms with Crippen LogP contribution in [0.1, 0.15) is 25.8 Å². The Morgan fingerprint density at radius 2 is 2.17 bits per heavy atom. The third kappa shape index (κ3) is 5.25. The standard InChI is InChI=1S/C14H22ClNO2/c1-4-7-16-9-12-8-13(15)5-6-14(12)18-10-11(2)17-3/h5-6,8,11,16H,4,7,9-10H2,1-3H3. The van der Waals surface area contributed by atoms with Crippen LogP contribution >= 0.6 is 11.6 Å². The Balaban J connectivity index is 2.63. The fourth-order valence-electron chi connectivity index (χ4n) is 1.50. The van der Waals surface area contributed by atoms with Crippen LogP contribution in [0.2, 0.25) is 5.02 Å². The fraction of sp³-hybridized carbons (Fsp3) is 0.571. The number of methoxy groups -OCH3 is 1. The Hall–Kier alpha value is -0.770. The summed E-state index contributed by atoms with van der Waals surface area (Å²) >= 11 is 6.01. The minimum atomic E-state index is 0.0807. The molecule has 0 saturated carbocycles. The molecular formula is C14H22ClNO2. The van der Waals surface area contributed by atoms with E-state index < -0.39 is 0 Å². The van der Waals surface area contributed by atoms with Crippen molar-refractivity contribution in [2.24, 2.45) is 0 Å². The molecule has 0 heterocycles. The zero-order chi connectivity index (χ0) is 13.4. The molecular weight excluding hydrogens is 250 g/mol. The normalized spacial score (nSPS) is 12.4. The molecule has 0 aliphatic heterocycles. The lowest BCUT2D eigenvalue weighted by molar-refractivity contribution is 0.0713. The molecule has 1 aromatic carbocycles. The van der Waals surface area contributed by atoms with Gasteiger partial charge in [-0.3, -0.25) is 0 Å². The minimum Gasteiger partial charge on any atom is -0.491 e. The molecule has 1 atom stereocenters. The van der Waals surface area contributed by atoms with Crippen LogP contribution < -0.4 is 10.1 Å². The van der Waals surface area contributed by atoms with Gasteiger partial charge in [-0.15, -0.1) is 0 Å². The lowest BCUT2D eigenvalue weighted by atomic mass is 10.2. The van der Waals surface area contributed by atoms with Gasteiger partial charge in [0.05, 0.1) is 6.10 Å². The van der Waals surface area contributed by atoms with Crippen LogP contribution in [0.15, 0.2) is 18.2 Å². The van der Waals surface area contributed by atoms with Crippen molar-refractivity contribution < 1.29 is 9.47 Å². The van der Waals surface area contributed by atoms with Gasteiger partial charge in [0.1, 0.15) is 12.4 Å². The second-order valence-corrected chi connectivity index (χ2v) is 4.72. The van der Waals surface area contributed by atoms with E-state index in [4.69, 9.17) is 21.1 Å². The van der Waals surface area contributed by atoms with Crippen molar-refractivity contribution in [1.82, 2.24) is 5.32 Å². The SMILES string of the molecule is CCCNCc1cc(Cl)ccc1OCC(C)OC. The zero-order valence-electron chi connectivity index (χ0n) is 11.3. The molecule has 1 unspecified atom stereocenters. The molecule has 1 aromatic rings. The molecule has 18 heavy (non-hydrogen) atoms. The average Bonchev–Trinajstić information content (AvgIpc) is 2.37. The van der Waals surface area contributed by atoms with Gasteiger partial charge in [0, 0.05) is 24.2 Å². The largest absolute Gasteiger partial charge is 0.491 e. The molecule has 102 valence electrons. The van der Waals surface area contributed by atoms with E-state index in [1.54, 1.807) is 7.11 Å². The summed E-state index contributed by atoms with van der Waals surface area (Å²) in [7, 11) is 1.68. The zero-order valence-corrected chi connectivity index (χ0v) is 12.1. The molecule has 0 bridgehead atoms. The Bertz CT molecular complexity index is 358. The molecule has 0 aliphatic rings. The number of halogens is 1. The lowest BCUT2D eigenvalue weighted by Gasteiger charge is -2.15. The highest BCUT2D eigenvalue weighted by atomic mass is 35.5. The summed E-state index contributed by atoms with van der Waals surface area (Å²) in [5, 5.41) is 4.08. The van der Waals surface area contributed by atoms with E-state index >= 15 is 0 Å². The monoisotopic (exact) mass is 271 g/mol. The summed E-state index contributed by atoms with van der Waals surface area (Å²) in [6, 6.07) is 5.70. The van der Waals surface area contributed by atoms with Gasteiger partial charge in [-0.25, -0.2) is 0 Å².